The lowest BCUT2D eigenvalue weighted by Crippen LogP contribution is -2.35. The Hall–Kier alpha value is -1.69. The number of alkyl halides is 2. The topological polar surface area (TPSA) is 50.4 Å². The van der Waals surface area contributed by atoms with Gasteiger partial charge in [0.15, 0.2) is 0 Å². The maximum absolute atomic E-state index is 12.1. The largest absolute Gasteiger partial charge is 0.435 e. The van der Waals surface area contributed by atoms with Crippen LogP contribution in [0.3, 0.4) is 0 Å². The van der Waals surface area contributed by atoms with E-state index in [4.69, 9.17) is 0 Å². The van der Waals surface area contributed by atoms with Crippen LogP contribution < -0.4 is 15.4 Å². The van der Waals surface area contributed by atoms with Crippen LogP contribution in [0.5, 0.6) is 5.75 Å². The van der Waals surface area contributed by atoms with Crippen LogP contribution >= 0.6 is 0 Å². The first kappa shape index (κ1) is 13.7. The summed E-state index contributed by atoms with van der Waals surface area (Å²) in [6, 6.07) is 6.00. The normalized spacial score (nSPS) is 22.5. The highest BCUT2D eigenvalue weighted by atomic mass is 19.3. The van der Waals surface area contributed by atoms with Crippen LogP contribution in [-0.4, -0.2) is 25.6 Å². The number of nitrogens with one attached hydrogen (secondary N) is 2. The molecular weight excluding hydrogens is 254 g/mol. The second-order valence-corrected chi connectivity index (χ2v) is 4.85. The highest BCUT2D eigenvalue weighted by molar-refractivity contribution is 5.95. The van der Waals surface area contributed by atoms with Gasteiger partial charge in [-0.3, -0.25) is 4.79 Å². The second kappa shape index (κ2) is 5.52. The molecule has 2 N–H and O–H groups in total. The molecule has 0 aromatic heterocycles. The van der Waals surface area contributed by atoms with Gasteiger partial charge in [-0.25, -0.2) is 0 Å². The minimum atomic E-state index is -2.87. The number of carbonyl (C=O) groups excluding carboxylic acids is 1. The fourth-order valence-corrected chi connectivity index (χ4v) is 2.04. The maximum atomic E-state index is 12.1. The van der Waals surface area contributed by atoms with Crippen molar-refractivity contribution < 1.29 is 18.3 Å². The van der Waals surface area contributed by atoms with Crippen molar-refractivity contribution in [3.8, 4) is 5.75 Å². The van der Waals surface area contributed by atoms with Crippen molar-refractivity contribution in [1.29, 1.82) is 0 Å². The number of ether oxygens (including phenoxy) is 1. The molecule has 0 saturated carbocycles. The Morgan fingerprint density at radius 3 is 2.95 bits per heavy atom. The smallest absolute Gasteiger partial charge is 0.387 e. The van der Waals surface area contributed by atoms with Gasteiger partial charge in [0.1, 0.15) is 5.75 Å². The van der Waals surface area contributed by atoms with Crippen molar-refractivity contribution in [1.82, 2.24) is 5.32 Å². The lowest BCUT2D eigenvalue weighted by Gasteiger charge is -2.21. The Morgan fingerprint density at radius 1 is 1.53 bits per heavy atom. The lowest BCUT2D eigenvalue weighted by molar-refractivity contribution is -0.123. The summed E-state index contributed by atoms with van der Waals surface area (Å²) in [7, 11) is 0. The Labute approximate surface area is 110 Å². The lowest BCUT2D eigenvalue weighted by atomic mass is 9.89. The van der Waals surface area contributed by atoms with Crippen molar-refractivity contribution in [3.63, 3.8) is 0 Å². The quantitative estimate of drug-likeness (QED) is 0.882. The van der Waals surface area contributed by atoms with E-state index in [-0.39, 0.29) is 11.7 Å². The summed E-state index contributed by atoms with van der Waals surface area (Å²) in [4.78, 5) is 12.1. The van der Waals surface area contributed by atoms with Crippen molar-refractivity contribution in [2.75, 3.05) is 18.4 Å². The van der Waals surface area contributed by atoms with Gasteiger partial charge in [-0.1, -0.05) is 6.07 Å². The molecule has 4 nitrogen and oxygen atoms in total. The van der Waals surface area contributed by atoms with Gasteiger partial charge in [0.25, 0.3) is 0 Å². The average molecular weight is 270 g/mol. The molecule has 0 spiro atoms. The molecule has 1 aliphatic heterocycles. The van der Waals surface area contributed by atoms with Gasteiger partial charge in [0.05, 0.1) is 5.41 Å². The third-order valence-corrected chi connectivity index (χ3v) is 3.23. The van der Waals surface area contributed by atoms with E-state index in [0.29, 0.717) is 12.2 Å². The summed E-state index contributed by atoms with van der Waals surface area (Å²) in [5.74, 6) is -0.0887. The standard InChI is InChI=1S/C13H16F2N2O2/c1-13(5-6-16-8-13)11(18)17-9-3-2-4-10(7-9)19-12(14)15/h2-4,7,12,16H,5-6,8H2,1H3,(H,17,18). The van der Waals surface area contributed by atoms with Crippen LogP contribution in [0.25, 0.3) is 0 Å². The molecule has 1 heterocycles. The van der Waals surface area contributed by atoms with Crippen LogP contribution in [0.1, 0.15) is 13.3 Å². The Morgan fingerprint density at radius 2 is 2.32 bits per heavy atom. The second-order valence-electron chi connectivity index (χ2n) is 4.85. The van der Waals surface area contributed by atoms with Gasteiger partial charge in [-0.15, -0.1) is 0 Å². The summed E-state index contributed by atoms with van der Waals surface area (Å²) in [5, 5.41) is 5.87. The zero-order valence-corrected chi connectivity index (χ0v) is 10.6. The molecule has 104 valence electrons. The predicted molar refractivity (Wildman–Crippen MR) is 67.3 cm³/mol. The minimum absolute atomic E-state index is 0.0301. The molecule has 2 rings (SSSR count). The van der Waals surface area contributed by atoms with Crippen molar-refractivity contribution in [2.45, 2.75) is 20.0 Å². The first-order chi connectivity index (χ1) is 8.99. The Kier molecular flexibility index (Phi) is 3.99. The van der Waals surface area contributed by atoms with Crippen molar-refractivity contribution in [3.05, 3.63) is 24.3 Å². The molecule has 6 heteroatoms. The van der Waals surface area contributed by atoms with Crippen LogP contribution in [-0.2, 0) is 4.79 Å². The molecule has 1 atom stereocenters. The van der Waals surface area contributed by atoms with E-state index < -0.39 is 12.0 Å². The van der Waals surface area contributed by atoms with E-state index >= 15 is 0 Å². The summed E-state index contributed by atoms with van der Waals surface area (Å²) in [6.45, 7) is 0.425. The third kappa shape index (κ3) is 3.41. The van der Waals surface area contributed by atoms with Gasteiger partial charge in [-0.05, 0) is 32.0 Å². The van der Waals surface area contributed by atoms with E-state index in [0.717, 1.165) is 13.0 Å². The Bertz CT molecular complexity index is 460. The molecule has 1 aliphatic rings. The molecular formula is C13H16F2N2O2. The van der Waals surface area contributed by atoms with E-state index in [1.165, 1.54) is 12.1 Å². The minimum Gasteiger partial charge on any atom is -0.435 e. The first-order valence-electron chi connectivity index (χ1n) is 6.07. The summed E-state index contributed by atoms with van der Waals surface area (Å²) < 4.78 is 28.5. The van der Waals surface area contributed by atoms with Gasteiger partial charge in [-0.2, -0.15) is 8.78 Å². The summed E-state index contributed by atoms with van der Waals surface area (Å²) in [6.07, 6.45) is 0.756. The zero-order valence-electron chi connectivity index (χ0n) is 10.6. The molecule has 0 aliphatic carbocycles. The monoisotopic (exact) mass is 270 g/mol. The zero-order chi connectivity index (χ0) is 13.9. The van der Waals surface area contributed by atoms with Crippen LogP contribution in [0.2, 0.25) is 0 Å². The highest BCUT2D eigenvalue weighted by Gasteiger charge is 2.36. The molecule has 1 aromatic carbocycles. The number of carbonyl (C=O) groups is 1. The van der Waals surface area contributed by atoms with Crippen molar-refractivity contribution >= 4 is 11.6 Å². The number of amides is 1. The predicted octanol–water partition coefficient (Wildman–Crippen LogP) is 2.23. The van der Waals surface area contributed by atoms with E-state index in [2.05, 4.69) is 15.4 Å². The number of hydrogen-bond donors (Lipinski definition) is 2. The number of halogens is 2. The van der Waals surface area contributed by atoms with Gasteiger partial charge in [0.2, 0.25) is 5.91 Å². The van der Waals surface area contributed by atoms with Gasteiger partial charge in [0, 0.05) is 18.3 Å². The maximum Gasteiger partial charge on any atom is 0.387 e. The first-order valence-corrected chi connectivity index (χ1v) is 6.07. The number of hydrogen-bond acceptors (Lipinski definition) is 3. The fourth-order valence-electron chi connectivity index (χ4n) is 2.04. The molecule has 1 fully saturated rings. The summed E-state index contributed by atoms with van der Waals surface area (Å²) in [5.41, 5.74) is -0.00387. The van der Waals surface area contributed by atoms with E-state index in [1.807, 2.05) is 6.92 Å². The fraction of sp³-hybridized carbons (Fsp3) is 0.462. The van der Waals surface area contributed by atoms with Crippen molar-refractivity contribution in [2.24, 2.45) is 5.41 Å². The summed E-state index contributed by atoms with van der Waals surface area (Å²) >= 11 is 0. The molecule has 1 unspecified atom stereocenters. The van der Waals surface area contributed by atoms with Gasteiger partial charge >= 0.3 is 6.61 Å². The molecule has 0 radical (unpaired) electrons. The Balaban J connectivity index is 2.04. The van der Waals surface area contributed by atoms with E-state index in [9.17, 15) is 13.6 Å². The SMILES string of the molecule is CC1(C(=O)Nc2cccc(OC(F)F)c2)CCNC1. The van der Waals surface area contributed by atoms with E-state index in [1.54, 1.807) is 12.1 Å². The number of rotatable bonds is 4. The molecule has 1 amide bonds. The molecule has 1 saturated heterocycles. The highest BCUT2D eigenvalue weighted by Crippen LogP contribution is 2.27. The molecule has 0 bridgehead atoms. The van der Waals surface area contributed by atoms with Crippen LogP contribution in [0.15, 0.2) is 24.3 Å². The van der Waals surface area contributed by atoms with Crippen LogP contribution in [0.4, 0.5) is 14.5 Å². The molecule has 1 aromatic rings. The third-order valence-electron chi connectivity index (χ3n) is 3.23. The van der Waals surface area contributed by atoms with Gasteiger partial charge < -0.3 is 15.4 Å². The average Bonchev–Trinajstić information content (AvgIpc) is 2.77. The number of anilines is 1. The number of benzene rings is 1. The van der Waals surface area contributed by atoms with Crippen LogP contribution in [0, 0.1) is 5.41 Å². The molecule has 19 heavy (non-hydrogen) atoms.